The fourth-order valence-corrected chi connectivity index (χ4v) is 5.94. The van der Waals surface area contributed by atoms with Crippen LogP contribution in [0.2, 0.25) is 0 Å². The van der Waals surface area contributed by atoms with Crippen molar-refractivity contribution in [2.75, 3.05) is 6.61 Å². The van der Waals surface area contributed by atoms with Crippen LogP contribution < -0.4 is 0 Å². The lowest BCUT2D eigenvalue weighted by Gasteiger charge is -2.53. The lowest BCUT2D eigenvalue weighted by atomic mass is 9.58. The van der Waals surface area contributed by atoms with E-state index in [9.17, 15) is 4.39 Å². The number of hydrogen-bond donors (Lipinski definition) is 0. The van der Waals surface area contributed by atoms with Crippen LogP contribution >= 0.6 is 0 Å². The summed E-state index contributed by atoms with van der Waals surface area (Å²) in [5.41, 5.74) is 5.39. The van der Waals surface area contributed by atoms with E-state index in [1.807, 2.05) is 17.0 Å². The normalized spacial score (nSPS) is 28.3. The van der Waals surface area contributed by atoms with Gasteiger partial charge in [-0.15, -0.1) is 6.58 Å². The average Bonchev–Trinajstić information content (AvgIpc) is 3.44. The van der Waals surface area contributed by atoms with Crippen LogP contribution in [0.25, 0.3) is 11.8 Å². The minimum atomic E-state index is -0.679. The highest BCUT2D eigenvalue weighted by Crippen LogP contribution is 2.59. The van der Waals surface area contributed by atoms with Gasteiger partial charge >= 0.3 is 0 Å². The van der Waals surface area contributed by atoms with Gasteiger partial charge in [0, 0.05) is 6.42 Å². The Morgan fingerprint density at radius 1 is 1.15 bits per heavy atom. The van der Waals surface area contributed by atoms with E-state index >= 15 is 0 Å². The van der Waals surface area contributed by atoms with Gasteiger partial charge in [-0.05, 0) is 67.2 Å². The minimum absolute atomic E-state index is 0.0969. The Hall–Kier alpha value is -3.02. The first kappa shape index (κ1) is 20.6. The summed E-state index contributed by atoms with van der Waals surface area (Å²) in [5.74, 6) is -0.928. The summed E-state index contributed by atoms with van der Waals surface area (Å²) < 4.78 is 28.6. The van der Waals surface area contributed by atoms with Crippen LogP contribution in [-0.4, -0.2) is 28.3 Å². The van der Waals surface area contributed by atoms with Crippen LogP contribution in [0.1, 0.15) is 36.1 Å². The number of rotatable bonds is 4. The molecule has 2 aliphatic carbocycles. The van der Waals surface area contributed by atoms with Crippen LogP contribution in [0.3, 0.4) is 0 Å². The molecule has 3 aromatic rings. The van der Waals surface area contributed by atoms with Crippen molar-refractivity contribution in [3.8, 4) is 5.69 Å². The van der Waals surface area contributed by atoms with Gasteiger partial charge < -0.3 is 9.47 Å². The highest BCUT2D eigenvalue weighted by molar-refractivity contribution is 5.62. The molecule has 2 heterocycles. The third-order valence-electron chi connectivity index (χ3n) is 7.49. The smallest absolute Gasteiger partial charge is 0.179 e. The van der Waals surface area contributed by atoms with Gasteiger partial charge in [0.25, 0.3) is 0 Å². The van der Waals surface area contributed by atoms with E-state index < -0.39 is 5.79 Å². The third kappa shape index (κ3) is 3.22. The zero-order valence-corrected chi connectivity index (χ0v) is 18.5. The van der Waals surface area contributed by atoms with Gasteiger partial charge in [-0.1, -0.05) is 42.0 Å². The van der Waals surface area contributed by atoms with Gasteiger partial charge in [0.1, 0.15) is 11.9 Å². The number of aromatic nitrogens is 2. The SMILES string of the molecule is C=C[C@H]1COC2(CCCC3=Cc4c(cnn4-c4ccc(F)cc4)C[C@]32Cc2ccccc2)O1. The summed E-state index contributed by atoms with van der Waals surface area (Å²) in [6.45, 7) is 4.49. The van der Waals surface area contributed by atoms with E-state index in [-0.39, 0.29) is 17.3 Å². The molecule has 5 heteroatoms. The maximum absolute atomic E-state index is 13.5. The largest absolute Gasteiger partial charge is 0.346 e. The van der Waals surface area contributed by atoms with E-state index in [4.69, 9.17) is 14.6 Å². The number of nitrogens with zero attached hydrogens (tertiary/aromatic N) is 2. The van der Waals surface area contributed by atoms with Crippen molar-refractivity contribution >= 4 is 6.08 Å². The summed E-state index contributed by atoms with van der Waals surface area (Å²) in [6.07, 6.45) is 10.5. The molecule has 1 spiro atoms. The Bertz CT molecular complexity index is 1220. The summed E-state index contributed by atoms with van der Waals surface area (Å²) in [7, 11) is 0. The molecule has 2 aromatic carbocycles. The van der Waals surface area contributed by atoms with Crippen LogP contribution in [0, 0.1) is 11.2 Å². The molecule has 3 aliphatic rings. The first-order valence-corrected chi connectivity index (χ1v) is 11.6. The van der Waals surface area contributed by atoms with Crippen LogP contribution in [0.15, 0.2) is 79.0 Å². The molecule has 2 fully saturated rings. The Kier molecular flexibility index (Phi) is 4.86. The van der Waals surface area contributed by atoms with Crippen LogP contribution in [0.5, 0.6) is 0 Å². The Labute approximate surface area is 193 Å². The third-order valence-corrected chi connectivity index (χ3v) is 7.49. The molecule has 1 aliphatic heterocycles. The molecular weight excluding hydrogens is 415 g/mol. The Morgan fingerprint density at radius 2 is 1.97 bits per heavy atom. The Balaban J connectivity index is 1.48. The molecule has 1 saturated heterocycles. The van der Waals surface area contributed by atoms with Crippen molar-refractivity contribution in [2.45, 2.75) is 44.0 Å². The van der Waals surface area contributed by atoms with Gasteiger partial charge in [0.05, 0.1) is 29.6 Å². The van der Waals surface area contributed by atoms with E-state index in [0.29, 0.717) is 6.61 Å². The fraction of sp³-hybridized carbons (Fsp3) is 0.321. The van der Waals surface area contributed by atoms with Crippen molar-refractivity contribution in [1.82, 2.24) is 9.78 Å². The van der Waals surface area contributed by atoms with Crippen molar-refractivity contribution < 1.29 is 13.9 Å². The highest BCUT2D eigenvalue weighted by Gasteiger charge is 2.61. The number of fused-ring (bicyclic) bond motifs is 3. The molecule has 4 nitrogen and oxygen atoms in total. The predicted molar refractivity (Wildman–Crippen MR) is 125 cm³/mol. The number of ether oxygens (including phenoxy) is 2. The standard InChI is InChI=1S/C28H27FN2O2/c1-2-25-19-32-28(33-25)14-6-9-22-15-26-21(17-27(22,28)16-20-7-4-3-5-8-20)18-30-31(26)24-12-10-23(29)11-13-24/h2-5,7-8,10-13,15,18,25H,1,6,9,14,16-17,19H2/t25-,27+,28?/m0/s1. The molecule has 1 saturated carbocycles. The van der Waals surface area contributed by atoms with Gasteiger partial charge in [-0.25, -0.2) is 9.07 Å². The monoisotopic (exact) mass is 442 g/mol. The second kappa shape index (κ2) is 7.79. The minimum Gasteiger partial charge on any atom is -0.346 e. The van der Waals surface area contributed by atoms with E-state index in [0.717, 1.165) is 49.0 Å². The van der Waals surface area contributed by atoms with E-state index in [1.54, 1.807) is 12.1 Å². The molecule has 1 unspecified atom stereocenters. The summed E-state index contributed by atoms with van der Waals surface area (Å²) >= 11 is 0. The topological polar surface area (TPSA) is 36.3 Å². The number of benzene rings is 2. The number of hydrogen-bond acceptors (Lipinski definition) is 3. The highest BCUT2D eigenvalue weighted by atomic mass is 19.1. The summed E-state index contributed by atoms with van der Waals surface area (Å²) in [5, 5.41) is 4.69. The van der Waals surface area contributed by atoms with Gasteiger partial charge in [0.15, 0.2) is 5.79 Å². The predicted octanol–water partition coefficient (Wildman–Crippen LogP) is 5.66. The van der Waals surface area contributed by atoms with Gasteiger partial charge in [-0.2, -0.15) is 5.10 Å². The van der Waals surface area contributed by atoms with Crippen LogP contribution in [0.4, 0.5) is 4.39 Å². The molecule has 0 radical (unpaired) electrons. The van der Waals surface area contributed by atoms with Gasteiger partial charge in [0.2, 0.25) is 0 Å². The van der Waals surface area contributed by atoms with Crippen molar-refractivity contribution in [3.63, 3.8) is 0 Å². The molecular formula is C28H27FN2O2. The first-order valence-electron chi connectivity index (χ1n) is 11.6. The molecule has 6 rings (SSSR count). The summed E-state index contributed by atoms with van der Waals surface area (Å²) in [6, 6.07) is 17.1. The zero-order valence-electron chi connectivity index (χ0n) is 18.5. The van der Waals surface area contributed by atoms with E-state index in [1.165, 1.54) is 23.3 Å². The molecule has 0 bridgehead atoms. The second-order valence-corrected chi connectivity index (χ2v) is 9.34. The Morgan fingerprint density at radius 3 is 2.73 bits per heavy atom. The molecule has 1 aromatic heterocycles. The van der Waals surface area contributed by atoms with Crippen LogP contribution in [-0.2, 0) is 22.3 Å². The zero-order chi connectivity index (χ0) is 22.5. The second-order valence-electron chi connectivity index (χ2n) is 9.34. The van der Waals surface area contributed by atoms with E-state index in [2.05, 4.69) is 43.0 Å². The van der Waals surface area contributed by atoms with Crippen molar-refractivity contribution in [2.24, 2.45) is 5.41 Å². The molecule has 0 N–H and O–H groups in total. The first-order chi connectivity index (χ1) is 16.1. The molecule has 33 heavy (non-hydrogen) atoms. The average molecular weight is 443 g/mol. The fourth-order valence-electron chi connectivity index (χ4n) is 5.94. The lowest BCUT2D eigenvalue weighted by Crippen LogP contribution is -2.56. The van der Waals surface area contributed by atoms with Crippen molar-refractivity contribution in [1.29, 1.82) is 0 Å². The van der Waals surface area contributed by atoms with Crippen molar-refractivity contribution in [3.05, 3.63) is 102 Å². The summed E-state index contributed by atoms with van der Waals surface area (Å²) in [4.78, 5) is 0. The maximum atomic E-state index is 13.5. The lowest BCUT2D eigenvalue weighted by molar-refractivity contribution is -0.244. The molecule has 0 amide bonds. The quantitative estimate of drug-likeness (QED) is 0.489. The number of halogens is 1. The molecule has 168 valence electrons. The molecule has 3 atom stereocenters. The maximum Gasteiger partial charge on any atom is 0.179 e. The van der Waals surface area contributed by atoms with Gasteiger partial charge in [-0.3, -0.25) is 0 Å².